The number of nitrogens with zero attached hydrogens (tertiary/aromatic N) is 3. The number of sulfonamides is 1. The number of halogens is 2. The van der Waals surface area contributed by atoms with E-state index in [4.69, 9.17) is 0 Å². The van der Waals surface area contributed by atoms with Crippen molar-refractivity contribution in [1.82, 2.24) is 9.88 Å². The predicted molar refractivity (Wildman–Crippen MR) is 105 cm³/mol. The molecule has 1 unspecified atom stereocenters. The summed E-state index contributed by atoms with van der Waals surface area (Å²) in [7, 11) is -0.564. The van der Waals surface area contributed by atoms with Crippen LogP contribution in [0.5, 0.6) is 0 Å². The molecule has 0 radical (unpaired) electrons. The van der Waals surface area contributed by atoms with Gasteiger partial charge in [0, 0.05) is 39.4 Å². The van der Waals surface area contributed by atoms with E-state index < -0.39 is 21.7 Å². The van der Waals surface area contributed by atoms with Crippen LogP contribution in [0.15, 0.2) is 41.4 Å². The lowest BCUT2D eigenvalue weighted by Gasteiger charge is -2.34. The second kappa shape index (κ2) is 8.32. The van der Waals surface area contributed by atoms with E-state index in [0.717, 1.165) is 37.6 Å². The van der Waals surface area contributed by atoms with Crippen LogP contribution in [0, 0.1) is 17.6 Å². The first-order valence-corrected chi connectivity index (χ1v) is 10.6. The third-order valence-electron chi connectivity index (χ3n) is 4.74. The average molecular weight is 424 g/mol. The number of pyridine rings is 1. The highest BCUT2D eigenvalue weighted by molar-refractivity contribution is 7.92. The van der Waals surface area contributed by atoms with Crippen LogP contribution in [0.1, 0.15) is 12.8 Å². The molecule has 1 atom stereocenters. The zero-order chi connectivity index (χ0) is 21.2. The molecule has 2 heterocycles. The molecule has 1 amide bonds. The minimum atomic E-state index is -4.01. The third-order valence-corrected chi connectivity index (χ3v) is 6.10. The molecule has 2 aromatic rings. The van der Waals surface area contributed by atoms with Gasteiger partial charge in [0.2, 0.25) is 5.91 Å². The molecule has 1 saturated heterocycles. The zero-order valence-electron chi connectivity index (χ0n) is 16.1. The van der Waals surface area contributed by atoms with Gasteiger partial charge < -0.3 is 9.80 Å². The number of carbonyl (C=O) groups is 1. The van der Waals surface area contributed by atoms with Gasteiger partial charge in [-0.2, -0.15) is 0 Å². The molecule has 1 aromatic carbocycles. The molecule has 1 fully saturated rings. The van der Waals surface area contributed by atoms with Crippen LogP contribution < -0.4 is 9.62 Å². The normalized spacial score (nSPS) is 17.1. The summed E-state index contributed by atoms with van der Waals surface area (Å²) in [6.07, 6.45) is 2.84. The summed E-state index contributed by atoms with van der Waals surface area (Å²) in [5, 5.41) is 0. The fourth-order valence-electron chi connectivity index (χ4n) is 3.24. The monoisotopic (exact) mass is 424 g/mol. The molecule has 7 nitrogen and oxygen atoms in total. The van der Waals surface area contributed by atoms with Crippen LogP contribution in [0.4, 0.5) is 20.3 Å². The van der Waals surface area contributed by atoms with Crippen molar-refractivity contribution in [2.45, 2.75) is 17.7 Å². The van der Waals surface area contributed by atoms with E-state index in [-0.39, 0.29) is 22.4 Å². The van der Waals surface area contributed by atoms with E-state index in [1.807, 2.05) is 4.90 Å². The van der Waals surface area contributed by atoms with Crippen LogP contribution in [0.25, 0.3) is 0 Å². The Kier molecular flexibility index (Phi) is 6.02. The van der Waals surface area contributed by atoms with Crippen LogP contribution in [0.2, 0.25) is 0 Å². The lowest BCUT2D eigenvalue weighted by atomic mass is 9.97. The number of rotatable bonds is 5. The topological polar surface area (TPSA) is 82.6 Å². The molecule has 0 bridgehead atoms. The highest BCUT2D eigenvalue weighted by Gasteiger charge is 2.27. The molecule has 0 saturated carbocycles. The Morgan fingerprint density at radius 1 is 1.21 bits per heavy atom. The molecule has 156 valence electrons. The molecule has 29 heavy (non-hydrogen) atoms. The lowest BCUT2D eigenvalue weighted by Crippen LogP contribution is -2.43. The van der Waals surface area contributed by atoms with Gasteiger partial charge in [0.1, 0.15) is 10.7 Å². The SMILES string of the molecule is CN(C)C(=O)C1CCCN(c2ccc(S(=O)(=O)Nc3ccc(F)c(F)c3)cn2)C1. The van der Waals surface area contributed by atoms with Crippen molar-refractivity contribution in [3.63, 3.8) is 0 Å². The van der Waals surface area contributed by atoms with Crippen LogP contribution >= 0.6 is 0 Å². The second-order valence-electron chi connectivity index (χ2n) is 7.10. The Bertz CT molecular complexity index is 997. The quantitative estimate of drug-likeness (QED) is 0.797. The van der Waals surface area contributed by atoms with Crippen molar-refractivity contribution in [1.29, 1.82) is 0 Å². The maximum Gasteiger partial charge on any atom is 0.263 e. The molecule has 0 spiro atoms. The van der Waals surface area contributed by atoms with Crippen molar-refractivity contribution < 1.29 is 22.0 Å². The van der Waals surface area contributed by atoms with Gasteiger partial charge in [-0.05, 0) is 37.1 Å². The van der Waals surface area contributed by atoms with Crippen LogP contribution in [0.3, 0.4) is 0 Å². The number of aromatic nitrogens is 1. The average Bonchev–Trinajstić information content (AvgIpc) is 2.70. The summed E-state index contributed by atoms with van der Waals surface area (Å²) in [4.78, 5) is 19.9. The Morgan fingerprint density at radius 3 is 2.59 bits per heavy atom. The van der Waals surface area contributed by atoms with E-state index in [9.17, 15) is 22.0 Å². The van der Waals surface area contributed by atoms with E-state index >= 15 is 0 Å². The Morgan fingerprint density at radius 2 is 1.97 bits per heavy atom. The number of hydrogen-bond donors (Lipinski definition) is 1. The summed E-state index contributed by atoms with van der Waals surface area (Å²) in [6, 6.07) is 5.71. The maximum atomic E-state index is 13.3. The summed E-state index contributed by atoms with van der Waals surface area (Å²) in [6.45, 7) is 1.24. The van der Waals surface area contributed by atoms with Crippen LogP contribution in [-0.2, 0) is 14.8 Å². The maximum absolute atomic E-state index is 13.3. The highest BCUT2D eigenvalue weighted by Crippen LogP contribution is 2.24. The summed E-state index contributed by atoms with van der Waals surface area (Å²) in [5.41, 5.74) is -0.0888. The van der Waals surface area contributed by atoms with Crippen molar-refractivity contribution in [3.8, 4) is 0 Å². The van der Waals surface area contributed by atoms with Crippen molar-refractivity contribution in [2.75, 3.05) is 36.8 Å². The number of piperidine rings is 1. The van der Waals surface area contributed by atoms with Gasteiger partial charge in [0.15, 0.2) is 11.6 Å². The van der Waals surface area contributed by atoms with Gasteiger partial charge in [0.05, 0.1) is 11.6 Å². The fourth-order valence-corrected chi connectivity index (χ4v) is 4.24. The fraction of sp³-hybridized carbons (Fsp3) is 0.368. The number of amides is 1. The molecule has 1 aliphatic rings. The molecule has 1 aliphatic heterocycles. The summed E-state index contributed by atoms with van der Waals surface area (Å²) in [5.74, 6) is -1.70. The molecule has 3 rings (SSSR count). The largest absolute Gasteiger partial charge is 0.356 e. The number of nitrogens with one attached hydrogen (secondary N) is 1. The van der Waals surface area contributed by atoms with Crippen LogP contribution in [-0.4, -0.2) is 51.4 Å². The second-order valence-corrected chi connectivity index (χ2v) is 8.79. The molecule has 1 aromatic heterocycles. The van der Waals surface area contributed by atoms with E-state index in [1.54, 1.807) is 25.1 Å². The zero-order valence-corrected chi connectivity index (χ0v) is 16.9. The minimum Gasteiger partial charge on any atom is -0.356 e. The Hall–Kier alpha value is -2.75. The molecule has 1 N–H and O–H groups in total. The van der Waals surface area contributed by atoms with Gasteiger partial charge in [-0.25, -0.2) is 22.2 Å². The summed E-state index contributed by atoms with van der Waals surface area (Å²) >= 11 is 0. The lowest BCUT2D eigenvalue weighted by molar-refractivity contribution is -0.133. The number of carbonyl (C=O) groups excluding carboxylic acids is 1. The summed E-state index contributed by atoms with van der Waals surface area (Å²) < 4.78 is 53.4. The van der Waals surface area contributed by atoms with Gasteiger partial charge >= 0.3 is 0 Å². The van der Waals surface area contributed by atoms with Crippen molar-refractivity contribution in [3.05, 3.63) is 48.2 Å². The molecule has 0 aliphatic carbocycles. The van der Waals surface area contributed by atoms with E-state index in [0.29, 0.717) is 12.4 Å². The smallest absolute Gasteiger partial charge is 0.263 e. The Labute approximate surface area is 168 Å². The predicted octanol–water partition coefficient (Wildman–Crippen LogP) is 2.47. The Balaban J connectivity index is 1.73. The first-order chi connectivity index (χ1) is 13.7. The van der Waals surface area contributed by atoms with E-state index in [2.05, 4.69) is 9.71 Å². The van der Waals surface area contributed by atoms with Crippen molar-refractivity contribution >= 4 is 27.4 Å². The standard InChI is InChI=1S/C19H22F2N4O3S/c1-24(2)19(26)13-4-3-9-25(12-13)18-8-6-15(11-22-18)29(27,28)23-14-5-7-16(20)17(21)10-14/h5-8,10-11,13,23H,3-4,9,12H2,1-2H3. The van der Waals surface area contributed by atoms with E-state index in [1.165, 1.54) is 12.3 Å². The molecule has 10 heteroatoms. The third kappa shape index (κ3) is 4.81. The van der Waals surface area contributed by atoms with Gasteiger partial charge in [0.25, 0.3) is 10.0 Å². The number of anilines is 2. The molecular weight excluding hydrogens is 402 g/mol. The van der Waals surface area contributed by atoms with Crippen molar-refractivity contribution in [2.24, 2.45) is 5.92 Å². The number of benzene rings is 1. The molecular formula is C19H22F2N4O3S. The van der Waals surface area contributed by atoms with Gasteiger partial charge in [-0.15, -0.1) is 0 Å². The minimum absolute atomic E-state index is 0.0598. The first-order valence-electron chi connectivity index (χ1n) is 9.07. The first kappa shape index (κ1) is 21.0. The number of hydrogen-bond acceptors (Lipinski definition) is 5. The highest BCUT2D eigenvalue weighted by atomic mass is 32.2. The van der Waals surface area contributed by atoms with Gasteiger partial charge in [-0.1, -0.05) is 0 Å². The van der Waals surface area contributed by atoms with Gasteiger partial charge in [-0.3, -0.25) is 9.52 Å².